The Morgan fingerprint density at radius 1 is 0.875 bits per heavy atom. The third kappa shape index (κ3) is 2.90. The molecule has 3 unspecified atom stereocenters. The summed E-state index contributed by atoms with van der Waals surface area (Å²) in [5.41, 5.74) is 0.348. The Labute approximate surface area is 145 Å². The summed E-state index contributed by atoms with van der Waals surface area (Å²) in [4.78, 5) is 12.8. The van der Waals surface area contributed by atoms with Gasteiger partial charge in [0.2, 0.25) is 5.91 Å². The first-order valence-corrected chi connectivity index (χ1v) is 10.2. The molecule has 1 N–H and O–H groups in total. The smallest absolute Gasteiger partial charge is 0.220 e. The summed E-state index contributed by atoms with van der Waals surface area (Å²) in [6, 6.07) is 0.286. The third-order valence-electron chi connectivity index (χ3n) is 7.54. The summed E-state index contributed by atoms with van der Waals surface area (Å²) in [7, 11) is 0. The van der Waals surface area contributed by atoms with Crippen LogP contribution in [0.25, 0.3) is 0 Å². The van der Waals surface area contributed by atoms with Crippen molar-refractivity contribution < 1.29 is 14.3 Å². The van der Waals surface area contributed by atoms with Gasteiger partial charge in [-0.25, -0.2) is 0 Å². The second-order valence-corrected chi connectivity index (χ2v) is 9.49. The number of carbonyl (C=O) groups excluding carboxylic acids is 1. The summed E-state index contributed by atoms with van der Waals surface area (Å²) < 4.78 is 11.6. The maximum atomic E-state index is 12.8. The maximum Gasteiger partial charge on any atom is 0.220 e. The molecule has 1 amide bonds. The Morgan fingerprint density at radius 2 is 1.50 bits per heavy atom. The summed E-state index contributed by atoms with van der Waals surface area (Å²) >= 11 is 0. The van der Waals surface area contributed by atoms with E-state index in [4.69, 9.17) is 9.47 Å². The minimum Gasteiger partial charge on any atom is -0.373 e. The first-order chi connectivity index (χ1) is 11.7. The molecule has 6 rings (SSSR count). The van der Waals surface area contributed by atoms with Crippen molar-refractivity contribution in [2.45, 2.75) is 82.5 Å². The predicted molar refractivity (Wildman–Crippen MR) is 90.5 cm³/mol. The van der Waals surface area contributed by atoms with E-state index in [-0.39, 0.29) is 18.2 Å². The van der Waals surface area contributed by atoms with Gasteiger partial charge in [-0.2, -0.15) is 0 Å². The molecule has 0 spiro atoms. The maximum absolute atomic E-state index is 12.8. The van der Waals surface area contributed by atoms with Crippen molar-refractivity contribution in [2.75, 3.05) is 13.2 Å². The summed E-state index contributed by atoms with van der Waals surface area (Å²) in [6.45, 7) is 1.43. The first kappa shape index (κ1) is 15.6. The van der Waals surface area contributed by atoms with E-state index in [2.05, 4.69) is 5.32 Å². The lowest BCUT2D eigenvalue weighted by Crippen LogP contribution is -2.51. The minimum atomic E-state index is 0.192. The molecule has 6 fully saturated rings. The van der Waals surface area contributed by atoms with E-state index >= 15 is 0 Å². The predicted octanol–water partition coefficient (Wildman–Crippen LogP) is 3.05. The molecule has 0 aromatic heterocycles. The van der Waals surface area contributed by atoms with E-state index in [1.165, 1.54) is 38.5 Å². The Balaban J connectivity index is 1.18. The fraction of sp³-hybridized carbons (Fsp3) is 0.950. The lowest BCUT2D eigenvalue weighted by atomic mass is 9.49. The zero-order valence-corrected chi connectivity index (χ0v) is 14.7. The van der Waals surface area contributed by atoms with Crippen molar-refractivity contribution in [1.29, 1.82) is 0 Å². The molecule has 4 heteroatoms. The van der Waals surface area contributed by atoms with Crippen LogP contribution in [-0.4, -0.2) is 37.4 Å². The van der Waals surface area contributed by atoms with Crippen LogP contribution in [0.5, 0.6) is 0 Å². The average Bonchev–Trinajstić information content (AvgIpc) is 2.52. The van der Waals surface area contributed by atoms with Gasteiger partial charge in [0, 0.05) is 12.5 Å². The number of rotatable bonds is 3. The first-order valence-electron chi connectivity index (χ1n) is 10.2. The highest BCUT2D eigenvalue weighted by Gasteiger charge is 2.51. The van der Waals surface area contributed by atoms with Crippen LogP contribution in [0.4, 0.5) is 0 Å². The summed E-state index contributed by atoms with van der Waals surface area (Å²) in [5.74, 6) is 3.07. The molecule has 4 bridgehead atoms. The SMILES string of the molecule is O=C(CC12CC3CC(CC(C3)C1)C2)NC1CCC2OCCOC2C1. The van der Waals surface area contributed by atoms with Crippen LogP contribution in [0.3, 0.4) is 0 Å². The largest absolute Gasteiger partial charge is 0.373 e. The van der Waals surface area contributed by atoms with Crippen LogP contribution in [0.15, 0.2) is 0 Å². The van der Waals surface area contributed by atoms with Crippen LogP contribution >= 0.6 is 0 Å². The standard InChI is InChI=1S/C20H31NO3/c22-19(21-16-1-2-17-18(8-16)24-4-3-23-17)12-20-9-13-5-14(10-20)7-15(6-13)11-20/h13-18H,1-12H2,(H,21,22). The molecule has 1 aliphatic heterocycles. The van der Waals surface area contributed by atoms with E-state index in [1.54, 1.807) is 0 Å². The van der Waals surface area contributed by atoms with Gasteiger partial charge in [-0.1, -0.05) is 0 Å². The van der Waals surface area contributed by atoms with E-state index < -0.39 is 0 Å². The van der Waals surface area contributed by atoms with Crippen molar-refractivity contribution in [3.8, 4) is 0 Å². The number of amides is 1. The molecule has 0 radical (unpaired) electrons. The normalized spacial score (nSPS) is 49.7. The van der Waals surface area contributed by atoms with Crippen molar-refractivity contribution in [1.82, 2.24) is 5.32 Å². The molecule has 3 atom stereocenters. The lowest BCUT2D eigenvalue weighted by molar-refractivity contribution is -0.159. The quantitative estimate of drug-likeness (QED) is 0.863. The number of nitrogens with one attached hydrogen (secondary N) is 1. The number of carbonyl (C=O) groups is 1. The zero-order chi connectivity index (χ0) is 16.1. The molecule has 24 heavy (non-hydrogen) atoms. The summed E-state index contributed by atoms with van der Waals surface area (Å²) in [6.07, 6.45) is 12.5. The lowest BCUT2D eigenvalue weighted by Gasteiger charge is -2.56. The molecule has 5 saturated carbocycles. The van der Waals surface area contributed by atoms with Gasteiger partial charge in [0.1, 0.15) is 0 Å². The fourth-order valence-electron chi connectivity index (χ4n) is 7.12. The second-order valence-electron chi connectivity index (χ2n) is 9.49. The molecule has 5 aliphatic carbocycles. The van der Waals surface area contributed by atoms with Gasteiger partial charge in [0.25, 0.3) is 0 Å². The van der Waals surface area contributed by atoms with Gasteiger partial charge in [0.15, 0.2) is 0 Å². The van der Waals surface area contributed by atoms with Crippen molar-refractivity contribution in [3.05, 3.63) is 0 Å². The zero-order valence-electron chi connectivity index (χ0n) is 14.7. The topological polar surface area (TPSA) is 47.6 Å². The van der Waals surface area contributed by atoms with Crippen LogP contribution in [0.2, 0.25) is 0 Å². The van der Waals surface area contributed by atoms with Crippen LogP contribution in [-0.2, 0) is 14.3 Å². The van der Waals surface area contributed by atoms with Crippen LogP contribution in [0, 0.1) is 23.2 Å². The highest BCUT2D eigenvalue weighted by molar-refractivity contribution is 5.77. The Morgan fingerprint density at radius 3 is 2.17 bits per heavy atom. The molecule has 0 aromatic carbocycles. The van der Waals surface area contributed by atoms with Gasteiger partial charge in [-0.05, 0) is 81.0 Å². The Bertz CT molecular complexity index is 470. The molecular formula is C20H31NO3. The number of ether oxygens (including phenoxy) is 2. The fourth-order valence-corrected chi connectivity index (χ4v) is 7.12. The summed E-state index contributed by atoms with van der Waals surface area (Å²) in [5, 5.41) is 3.35. The molecular weight excluding hydrogens is 302 g/mol. The van der Waals surface area contributed by atoms with Crippen LogP contribution < -0.4 is 5.32 Å². The average molecular weight is 333 g/mol. The molecule has 6 aliphatic rings. The van der Waals surface area contributed by atoms with Crippen molar-refractivity contribution in [3.63, 3.8) is 0 Å². The second kappa shape index (κ2) is 5.98. The van der Waals surface area contributed by atoms with Crippen LogP contribution in [0.1, 0.15) is 64.2 Å². The molecule has 1 saturated heterocycles. The van der Waals surface area contributed by atoms with Gasteiger partial charge in [-0.15, -0.1) is 0 Å². The van der Waals surface area contributed by atoms with Gasteiger partial charge < -0.3 is 14.8 Å². The molecule has 0 aromatic rings. The van der Waals surface area contributed by atoms with Crippen molar-refractivity contribution >= 4 is 5.91 Å². The monoisotopic (exact) mass is 333 g/mol. The van der Waals surface area contributed by atoms with E-state index in [0.29, 0.717) is 17.9 Å². The highest BCUT2D eigenvalue weighted by atomic mass is 16.6. The molecule has 1 heterocycles. The Kier molecular flexibility index (Phi) is 3.89. The van der Waals surface area contributed by atoms with Gasteiger partial charge in [0.05, 0.1) is 25.4 Å². The number of fused-ring (bicyclic) bond motifs is 1. The minimum absolute atomic E-state index is 0.192. The highest BCUT2D eigenvalue weighted by Crippen LogP contribution is 2.61. The Hall–Kier alpha value is -0.610. The van der Waals surface area contributed by atoms with Crippen molar-refractivity contribution in [2.24, 2.45) is 23.2 Å². The van der Waals surface area contributed by atoms with Gasteiger partial charge in [-0.3, -0.25) is 4.79 Å². The van der Waals surface area contributed by atoms with E-state index in [1.807, 2.05) is 0 Å². The molecule has 134 valence electrons. The number of hydrogen-bond acceptors (Lipinski definition) is 3. The van der Waals surface area contributed by atoms with E-state index in [9.17, 15) is 4.79 Å². The van der Waals surface area contributed by atoms with Gasteiger partial charge >= 0.3 is 0 Å². The number of hydrogen-bond donors (Lipinski definition) is 1. The molecule has 4 nitrogen and oxygen atoms in total. The van der Waals surface area contributed by atoms with E-state index in [0.717, 1.165) is 50.0 Å². The third-order valence-corrected chi connectivity index (χ3v) is 7.54.